The van der Waals surface area contributed by atoms with E-state index in [-0.39, 0.29) is 31.3 Å². The highest BCUT2D eigenvalue weighted by Gasteiger charge is 2.31. The van der Waals surface area contributed by atoms with Gasteiger partial charge in [0, 0.05) is 25.3 Å². The van der Waals surface area contributed by atoms with Crippen molar-refractivity contribution in [2.75, 3.05) is 18.8 Å². The van der Waals surface area contributed by atoms with Gasteiger partial charge in [-0.05, 0) is 50.4 Å². The molecule has 43 heavy (non-hydrogen) atoms. The summed E-state index contributed by atoms with van der Waals surface area (Å²) in [6.07, 6.45) is 30.8. The first-order valence-corrected chi connectivity index (χ1v) is 16.6. The van der Waals surface area contributed by atoms with Gasteiger partial charge in [0.05, 0.1) is 18.5 Å². The summed E-state index contributed by atoms with van der Waals surface area (Å²) in [6.45, 7) is 12.2. The Morgan fingerprint density at radius 1 is 0.744 bits per heavy atom. The third-order valence-corrected chi connectivity index (χ3v) is 6.77. The molecule has 0 radical (unpaired) electrons. The van der Waals surface area contributed by atoms with Gasteiger partial charge in [0.1, 0.15) is 6.10 Å². The fraction of sp³-hybridized carbons (Fsp3) is 0.571. The van der Waals surface area contributed by atoms with E-state index in [1.807, 2.05) is 40.7 Å². The van der Waals surface area contributed by atoms with Crippen molar-refractivity contribution in [1.29, 1.82) is 0 Å². The minimum absolute atomic E-state index is 0.109. The van der Waals surface area contributed by atoms with Crippen LogP contribution in [0.4, 0.5) is 0 Å². The molecule has 0 heterocycles. The van der Waals surface area contributed by atoms with Crippen LogP contribution in [-0.4, -0.2) is 47.8 Å². The minimum atomic E-state index is -1.12. The van der Waals surface area contributed by atoms with Crippen LogP contribution in [0.25, 0.3) is 0 Å². The number of carbonyl (C=O) groups is 3. The van der Waals surface area contributed by atoms with Crippen molar-refractivity contribution < 1.29 is 23.7 Å². The summed E-state index contributed by atoms with van der Waals surface area (Å²) in [5.74, 6) is -0.604. The maximum atomic E-state index is 12.0. The van der Waals surface area contributed by atoms with Crippen molar-refractivity contribution in [2.24, 2.45) is 5.41 Å². The Bertz CT molecular complexity index is 904. The Labute approximate surface area is 266 Å². The van der Waals surface area contributed by atoms with Gasteiger partial charge in [-0.1, -0.05) is 114 Å². The molecule has 0 aliphatic heterocycles. The van der Waals surface area contributed by atoms with E-state index in [1.165, 1.54) is 0 Å². The van der Waals surface area contributed by atoms with E-state index in [2.05, 4.69) is 78.3 Å². The molecule has 8 heteroatoms. The SMILES string of the molecule is CC.CC/C=C\C/C=C\C/C=C\C/C=C\C/C=C\C/C=C\CC(=O)OSCCNC(=O)CCNC(=O)[C@H](O)C(C)(C)CC. The molecule has 0 aliphatic carbocycles. The van der Waals surface area contributed by atoms with Crippen LogP contribution < -0.4 is 10.6 Å². The first kappa shape index (κ1) is 42.3. The molecule has 0 aromatic heterocycles. The number of amides is 2. The van der Waals surface area contributed by atoms with E-state index in [0.717, 1.165) is 50.6 Å². The van der Waals surface area contributed by atoms with Gasteiger partial charge in [0.25, 0.3) is 0 Å². The summed E-state index contributed by atoms with van der Waals surface area (Å²) in [5, 5.41) is 15.4. The molecule has 0 bridgehead atoms. The molecule has 0 fully saturated rings. The fourth-order valence-electron chi connectivity index (χ4n) is 3.11. The van der Waals surface area contributed by atoms with Crippen LogP contribution in [0.1, 0.15) is 99.3 Å². The second-order valence-corrected chi connectivity index (χ2v) is 10.8. The van der Waals surface area contributed by atoms with Crippen molar-refractivity contribution in [3.8, 4) is 0 Å². The number of rotatable bonds is 23. The molecule has 7 nitrogen and oxygen atoms in total. The summed E-state index contributed by atoms with van der Waals surface area (Å²) in [5.41, 5.74) is -0.521. The lowest BCUT2D eigenvalue weighted by atomic mass is 9.83. The average molecular weight is 619 g/mol. The van der Waals surface area contributed by atoms with Gasteiger partial charge < -0.3 is 19.9 Å². The van der Waals surface area contributed by atoms with Crippen molar-refractivity contribution in [1.82, 2.24) is 10.6 Å². The molecule has 0 rings (SSSR count). The van der Waals surface area contributed by atoms with Gasteiger partial charge >= 0.3 is 5.97 Å². The molecule has 0 saturated carbocycles. The zero-order valence-electron chi connectivity index (χ0n) is 27.5. The number of nitrogens with one attached hydrogen (secondary N) is 2. The maximum absolute atomic E-state index is 12.0. The normalized spacial score (nSPS) is 12.9. The van der Waals surface area contributed by atoms with E-state index < -0.39 is 17.4 Å². The molecule has 1 atom stereocenters. The highest BCUT2D eigenvalue weighted by atomic mass is 32.2. The zero-order chi connectivity index (χ0) is 32.6. The summed E-state index contributed by atoms with van der Waals surface area (Å²) in [7, 11) is 0. The summed E-state index contributed by atoms with van der Waals surface area (Å²) in [4.78, 5) is 35.6. The van der Waals surface area contributed by atoms with Crippen molar-refractivity contribution in [2.45, 2.75) is 105 Å². The highest BCUT2D eigenvalue weighted by Crippen LogP contribution is 2.24. The Morgan fingerprint density at radius 3 is 1.67 bits per heavy atom. The van der Waals surface area contributed by atoms with E-state index >= 15 is 0 Å². The third kappa shape index (κ3) is 27.7. The fourth-order valence-corrected chi connectivity index (χ4v) is 3.58. The predicted molar refractivity (Wildman–Crippen MR) is 183 cm³/mol. The van der Waals surface area contributed by atoms with Crippen molar-refractivity contribution in [3.05, 3.63) is 72.9 Å². The number of aliphatic hydroxyl groups is 1. The van der Waals surface area contributed by atoms with Crippen LogP contribution in [0, 0.1) is 5.41 Å². The number of hydrogen-bond acceptors (Lipinski definition) is 6. The van der Waals surface area contributed by atoms with Crippen molar-refractivity contribution in [3.63, 3.8) is 0 Å². The largest absolute Gasteiger partial charge is 0.391 e. The minimum Gasteiger partial charge on any atom is -0.391 e. The molecular weight excluding hydrogens is 560 g/mol. The topological polar surface area (TPSA) is 105 Å². The lowest BCUT2D eigenvalue weighted by Gasteiger charge is -2.28. The molecule has 0 aromatic rings. The van der Waals surface area contributed by atoms with Crippen LogP contribution in [0.15, 0.2) is 72.9 Å². The van der Waals surface area contributed by atoms with Crippen molar-refractivity contribution >= 4 is 29.8 Å². The summed E-state index contributed by atoms with van der Waals surface area (Å²) >= 11 is 0.998. The van der Waals surface area contributed by atoms with Gasteiger partial charge in [-0.2, -0.15) is 0 Å². The van der Waals surface area contributed by atoms with Crippen LogP contribution in [0.5, 0.6) is 0 Å². The Hall–Kier alpha value is -2.84. The highest BCUT2D eigenvalue weighted by molar-refractivity contribution is 7.95. The van der Waals surface area contributed by atoms with E-state index in [1.54, 1.807) is 6.08 Å². The molecule has 0 saturated heterocycles. The maximum Gasteiger partial charge on any atom is 0.321 e. The summed E-state index contributed by atoms with van der Waals surface area (Å²) in [6, 6.07) is 0. The first-order valence-electron chi connectivity index (χ1n) is 15.7. The average Bonchev–Trinajstić information content (AvgIpc) is 3.00. The second kappa shape index (κ2) is 30.6. The molecule has 244 valence electrons. The monoisotopic (exact) mass is 618 g/mol. The van der Waals surface area contributed by atoms with Crippen LogP contribution >= 0.6 is 12.0 Å². The Balaban J connectivity index is 0. The second-order valence-electron chi connectivity index (χ2n) is 10.0. The van der Waals surface area contributed by atoms with Crippen LogP contribution in [-0.2, 0) is 18.6 Å². The smallest absolute Gasteiger partial charge is 0.321 e. The van der Waals surface area contributed by atoms with Gasteiger partial charge in [-0.3, -0.25) is 14.4 Å². The lowest BCUT2D eigenvalue weighted by molar-refractivity contribution is -0.135. The van der Waals surface area contributed by atoms with Crippen LogP contribution in [0.3, 0.4) is 0 Å². The quantitative estimate of drug-likeness (QED) is 0.0616. The number of allylic oxidation sites excluding steroid dienone is 11. The molecule has 0 unspecified atom stereocenters. The predicted octanol–water partition coefficient (Wildman–Crippen LogP) is 7.71. The molecule has 0 aromatic carbocycles. The number of carbonyl (C=O) groups excluding carboxylic acids is 3. The molecule has 0 spiro atoms. The molecular formula is C35H58N2O5S. The van der Waals surface area contributed by atoms with Gasteiger partial charge in [0.2, 0.25) is 11.8 Å². The molecule has 3 N–H and O–H groups in total. The Kier molecular flexibility index (Phi) is 30.1. The first-order chi connectivity index (χ1) is 20.7. The van der Waals surface area contributed by atoms with E-state index in [4.69, 9.17) is 4.18 Å². The van der Waals surface area contributed by atoms with Crippen LogP contribution in [0.2, 0.25) is 0 Å². The van der Waals surface area contributed by atoms with Gasteiger partial charge in [0.15, 0.2) is 0 Å². The summed E-state index contributed by atoms with van der Waals surface area (Å²) < 4.78 is 5.09. The Morgan fingerprint density at radius 2 is 1.21 bits per heavy atom. The van der Waals surface area contributed by atoms with E-state index in [0.29, 0.717) is 18.7 Å². The number of hydrogen-bond donors (Lipinski definition) is 3. The standard InChI is InChI=1S/C33H52N2O5S.C2H6/c1-5-7-8-9-10-11-12-13-14-15-16-17-18-19-20-21-22-23-24-30(37)40-41-28-27-34-29(36)25-26-35-32(39)31(38)33(3,4)6-2;1-2/h7-8,10-11,13-14,16-17,19-20,22-23,31,38H,5-6,9,12,15,18,21,24-28H2,1-4H3,(H,34,36)(H,35,39);1-2H3/b8-7-,11-10-,14-13-,17-16-,20-19-,23-22-;/t31-;/m0./s1. The lowest BCUT2D eigenvalue weighted by Crippen LogP contribution is -2.44. The van der Waals surface area contributed by atoms with E-state index in [9.17, 15) is 19.5 Å². The molecule has 2 amide bonds. The molecule has 0 aliphatic rings. The third-order valence-electron chi connectivity index (χ3n) is 6.09. The van der Waals surface area contributed by atoms with Gasteiger partial charge in [-0.25, -0.2) is 0 Å². The number of aliphatic hydroxyl groups excluding tert-OH is 1. The zero-order valence-corrected chi connectivity index (χ0v) is 28.3. The van der Waals surface area contributed by atoms with Gasteiger partial charge in [-0.15, -0.1) is 0 Å².